The summed E-state index contributed by atoms with van der Waals surface area (Å²) in [5, 5.41) is 4.26. The first-order chi connectivity index (χ1) is 10.7. The summed E-state index contributed by atoms with van der Waals surface area (Å²) in [5.41, 5.74) is 2.41. The Labute approximate surface area is 132 Å². The number of hydrogen-bond donors (Lipinski definition) is 2. The lowest BCUT2D eigenvalue weighted by Gasteiger charge is -2.15. The third kappa shape index (κ3) is 4.88. The van der Waals surface area contributed by atoms with E-state index in [9.17, 15) is 4.79 Å². The Bertz CT molecular complexity index is 591. The maximum Gasteiger partial charge on any atom is 0.221 e. The van der Waals surface area contributed by atoms with Gasteiger partial charge in [0.1, 0.15) is 0 Å². The van der Waals surface area contributed by atoms with Crippen molar-refractivity contribution in [2.45, 2.75) is 32.6 Å². The first kappa shape index (κ1) is 16.6. The summed E-state index contributed by atoms with van der Waals surface area (Å²) in [6.07, 6.45) is 5.87. The summed E-state index contributed by atoms with van der Waals surface area (Å²) in [6.45, 7) is 4.78. The standard InChI is InChI=1S/C18H27N3O/c1-3-4-12-21(2)13-10-18(22)19-11-9-15-14-20-17-8-6-5-7-16(15)17/h5-8,14,20H,3-4,9-13H2,1-2H3,(H,19,22). The molecule has 0 aliphatic rings. The van der Waals surface area contributed by atoms with Gasteiger partial charge in [-0.2, -0.15) is 0 Å². The van der Waals surface area contributed by atoms with Crippen LogP contribution in [-0.2, 0) is 11.2 Å². The fourth-order valence-electron chi connectivity index (χ4n) is 2.60. The molecule has 0 unspecified atom stereocenters. The molecular weight excluding hydrogens is 274 g/mol. The molecule has 0 bridgehead atoms. The number of carbonyl (C=O) groups is 1. The zero-order chi connectivity index (χ0) is 15.8. The number of benzene rings is 1. The minimum absolute atomic E-state index is 0.142. The lowest BCUT2D eigenvalue weighted by molar-refractivity contribution is -0.121. The molecule has 4 heteroatoms. The number of rotatable bonds is 9. The SMILES string of the molecule is CCCCN(C)CCC(=O)NCCc1c[nH]c2ccccc12. The molecule has 0 spiro atoms. The number of carbonyl (C=O) groups excluding carboxylic acids is 1. The number of hydrogen-bond acceptors (Lipinski definition) is 2. The Kier molecular flexibility index (Phi) is 6.46. The molecule has 0 aliphatic carbocycles. The molecule has 1 aromatic heterocycles. The van der Waals surface area contributed by atoms with Crippen LogP contribution in [0.1, 0.15) is 31.7 Å². The highest BCUT2D eigenvalue weighted by atomic mass is 16.1. The molecule has 0 fully saturated rings. The zero-order valence-electron chi connectivity index (χ0n) is 13.7. The molecule has 1 aromatic carbocycles. The Morgan fingerprint density at radius 1 is 1.27 bits per heavy atom. The van der Waals surface area contributed by atoms with Gasteiger partial charge in [0.15, 0.2) is 0 Å². The van der Waals surface area contributed by atoms with E-state index in [0.717, 1.165) is 25.0 Å². The van der Waals surface area contributed by atoms with Crippen molar-refractivity contribution in [2.75, 3.05) is 26.7 Å². The van der Waals surface area contributed by atoms with Crippen molar-refractivity contribution in [3.05, 3.63) is 36.0 Å². The van der Waals surface area contributed by atoms with Crippen LogP contribution in [-0.4, -0.2) is 42.5 Å². The molecule has 2 N–H and O–H groups in total. The van der Waals surface area contributed by atoms with Crippen LogP contribution in [0.3, 0.4) is 0 Å². The molecular formula is C18H27N3O. The number of unbranched alkanes of at least 4 members (excludes halogenated alkanes) is 1. The van der Waals surface area contributed by atoms with E-state index in [1.54, 1.807) is 0 Å². The van der Waals surface area contributed by atoms with Gasteiger partial charge < -0.3 is 15.2 Å². The second-order valence-corrected chi connectivity index (χ2v) is 5.87. The predicted molar refractivity (Wildman–Crippen MR) is 92.0 cm³/mol. The van der Waals surface area contributed by atoms with Gasteiger partial charge in [0.05, 0.1) is 0 Å². The quantitative estimate of drug-likeness (QED) is 0.748. The van der Waals surface area contributed by atoms with E-state index in [1.165, 1.54) is 23.8 Å². The van der Waals surface area contributed by atoms with Gasteiger partial charge in [-0.05, 0) is 38.1 Å². The summed E-state index contributed by atoms with van der Waals surface area (Å²) in [7, 11) is 2.08. The van der Waals surface area contributed by atoms with Crippen molar-refractivity contribution < 1.29 is 4.79 Å². The fourth-order valence-corrected chi connectivity index (χ4v) is 2.60. The topological polar surface area (TPSA) is 48.1 Å². The number of H-pyrrole nitrogens is 1. The highest BCUT2D eigenvalue weighted by molar-refractivity contribution is 5.83. The fraction of sp³-hybridized carbons (Fsp3) is 0.500. The third-order valence-electron chi connectivity index (χ3n) is 4.01. The average molecular weight is 301 g/mol. The Morgan fingerprint density at radius 2 is 2.09 bits per heavy atom. The van der Waals surface area contributed by atoms with Crippen LogP contribution in [0, 0.1) is 0 Å². The number of fused-ring (bicyclic) bond motifs is 1. The minimum atomic E-state index is 0.142. The monoisotopic (exact) mass is 301 g/mol. The summed E-state index contributed by atoms with van der Waals surface area (Å²) in [4.78, 5) is 17.4. The van der Waals surface area contributed by atoms with Crippen LogP contribution in [0.2, 0.25) is 0 Å². The van der Waals surface area contributed by atoms with Crippen molar-refractivity contribution in [1.29, 1.82) is 0 Å². The van der Waals surface area contributed by atoms with Crippen molar-refractivity contribution in [3.63, 3.8) is 0 Å². The molecule has 0 aliphatic heterocycles. The molecule has 1 heterocycles. The van der Waals surface area contributed by atoms with Gasteiger partial charge in [-0.25, -0.2) is 0 Å². The van der Waals surface area contributed by atoms with Crippen LogP contribution >= 0.6 is 0 Å². The van der Waals surface area contributed by atoms with Gasteiger partial charge in [0, 0.05) is 36.6 Å². The van der Waals surface area contributed by atoms with E-state index < -0.39 is 0 Å². The molecule has 0 saturated heterocycles. The number of nitrogens with zero attached hydrogens (tertiary/aromatic N) is 1. The molecule has 0 radical (unpaired) electrons. The normalized spacial score (nSPS) is 11.2. The summed E-state index contributed by atoms with van der Waals surface area (Å²) in [5.74, 6) is 0.142. The van der Waals surface area contributed by atoms with Crippen LogP contribution < -0.4 is 5.32 Å². The van der Waals surface area contributed by atoms with Crippen LogP contribution in [0.4, 0.5) is 0 Å². The summed E-state index contributed by atoms with van der Waals surface area (Å²) >= 11 is 0. The molecule has 22 heavy (non-hydrogen) atoms. The number of amides is 1. The second kappa shape index (κ2) is 8.59. The first-order valence-electron chi connectivity index (χ1n) is 8.21. The smallest absolute Gasteiger partial charge is 0.221 e. The molecule has 1 amide bonds. The van der Waals surface area contributed by atoms with Crippen molar-refractivity contribution in [2.24, 2.45) is 0 Å². The van der Waals surface area contributed by atoms with E-state index in [4.69, 9.17) is 0 Å². The van der Waals surface area contributed by atoms with E-state index in [1.807, 2.05) is 18.3 Å². The third-order valence-corrected chi connectivity index (χ3v) is 4.01. The summed E-state index contributed by atoms with van der Waals surface area (Å²) in [6, 6.07) is 8.26. The van der Waals surface area contributed by atoms with E-state index in [0.29, 0.717) is 13.0 Å². The molecule has 0 atom stereocenters. The molecule has 120 valence electrons. The van der Waals surface area contributed by atoms with Crippen LogP contribution in [0.15, 0.2) is 30.5 Å². The average Bonchev–Trinajstić information content (AvgIpc) is 2.94. The van der Waals surface area contributed by atoms with E-state index in [2.05, 4.69) is 41.3 Å². The summed E-state index contributed by atoms with van der Waals surface area (Å²) < 4.78 is 0. The predicted octanol–water partition coefficient (Wildman–Crippen LogP) is 2.95. The van der Waals surface area contributed by atoms with Gasteiger partial charge in [0.2, 0.25) is 5.91 Å². The number of para-hydroxylation sites is 1. The lowest BCUT2D eigenvalue weighted by atomic mass is 10.1. The van der Waals surface area contributed by atoms with Crippen molar-refractivity contribution >= 4 is 16.8 Å². The van der Waals surface area contributed by atoms with Crippen molar-refractivity contribution in [1.82, 2.24) is 15.2 Å². The molecule has 0 saturated carbocycles. The van der Waals surface area contributed by atoms with E-state index in [-0.39, 0.29) is 5.91 Å². The van der Waals surface area contributed by atoms with Gasteiger partial charge in [-0.15, -0.1) is 0 Å². The molecule has 2 rings (SSSR count). The van der Waals surface area contributed by atoms with Crippen LogP contribution in [0.5, 0.6) is 0 Å². The zero-order valence-corrected chi connectivity index (χ0v) is 13.7. The van der Waals surface area contributed by atoms with Gasteiger partial charge in [-0.3, -0.25) is 4.79 Å². The first-order valence-corrected chi connectivity index (χ1v) is 8.21. The second-order valence-electron chi connectivity index (χ2n) is 5.87. The van der Waals surface area contributed by atoms with Crippen molar-refractivity contribution in [3.8, 4) is 0 Å². The Hall–Kier alpha value is -1.81. The van der Waals surface area contributed by atoms with Crippen LogP contribution in [0.25, 0.3) is 10.9 Å². The number of aromatic nitrogens is 1. The Balaban J connectivity index is 1.69. The number of aromatic amines is 1. The molecule has 4 nitrogen and oxygen atoms in total. The Morgan fingerprint density at radius 3 is 2.91 bits per heavy atom. The minimum Gasteiger partial charge on any atom is -0.361 e. The van der Waals surface area contributed by atoms with Gasteiger partial charge >= 0.3 is 0 Å². The highest BCUT2D eigenvalue weighted by Crippen LogP contribution is 2.17. The number of nitrogens with one attached hydrogen (secondary N) is 2. The van der Waals surface area contributed by atoms with Gasteiger partial charge in [-0.1, -0.05) is 31.5 Å². The maximum atomic E-state index is 11.9. The lowest BCUT2D eigenvalue weighted by Crippen LogP contribution is -2.30. The van der Waals surface area contributed by atoms with Gasteiger partial charge in [0.25, 0.3) is 0 Å². The largest absolute Gasteiger partial charge is 0.361 e. The highest BCUT2D eigenvalue weighted by Gasteiger charge is 2.06. The maximum absolute atomic E-state index is 11.9. The molecule has 2 aromatic rings. The van der Waals surface area contributed by atoms with E-state index >= 15 is 0 Å².